The fourth-order valence-corrected chi connectivity index (χ4v) is 3.90. The van der Waals surface area contributed by atoms with Crippen LogP contribution < -0.4 is 5.32 Å². The van der Waals surface area contributed by atoms with Crippen molar-refractivity contribution in [3.05, 3.63) is 0 Å². The van der Waals surface area contributed by atoms with Crippen molar-refractivity contribution >= 4 is 0 Å². The highest BCUT2D eigenvalue weighted by molar-refractivity contribution is 4.96. The molecule has 3 saturated heterocycles. The van der Waals surface area contributed by atoms with Crippen LogP contribution in [0.2, 0.25) is 0 Å². The molecule has 3 rings (SSSR count). The fraction of sp³-hybridized carbons (Fsp3) is 1.00. The zero-order valence-electron chi connectivity index (χ0n) is 16.3. The Hall–Kier alpha value is -0.520. The van der Waals surface area contributed by atoms with E-state index in [1.54, 1.807) is 0 Å². The van der Waals surface area contributed by atoms with E-state index < -0.39 is 86.3 Å². The SMILES string of the molecule is C[C@H]1O[C@@H](O[C@H]2[C@H](O)[C@@H](O)[C@@H](O[C@H]3[C@H](O)CN[C@H]3CO)O[C@@H]2CO)[C@H](O)[C@@H](O)[C@@H]1O. The fourth-order valence-electron chi connectivity index (χ4n) is 3.90. The Morgan fingerprint density at radius 3 is 2.00 bits per heavy atom. The van der Waals surface area contributed by atoms with Crippen LogP contribution in [-0.2, 0) is 18.9 Å². The summed E-state index contributed by atoms with van der Waals surface area (Å²) in [5.74, 6) is 0. The highest BCUT2D eigenvalue weighted by atomic mass is 16.7. The molecule has 0 bridgehead atoms. The van der Waals surface area contributed by atoms with Crippen LogP contribution in [0, 0.1) is 0 Å². The van der Waals surface area contributed by atoms with Gasteiger partial charge in [0.1, 0.15) is 48.8 Å². The average Bonchev–Trinajstić information content (AvgIpc) is 3.09. The Morgan fingerprint density at radius 2 is 1.37 bits per heavy atom. The van der Waals surface area contributed by atoms with Crippen molar-refractivity contribution < 1.29 is 59.8 Å². The number of aliphatic hydroxyl groups is 8. The van der Waals surface area contributed by atoms with Gasteiger partial charge in [-0.15, -0.1) is 0 Å². The van der Waals surface area contributed by atoms with Gasteiger partial charge in [0.25, 0.3) is 0 Å². The number of ether oxygens (including phenoxy) is 4. The van der Waals surface area contributed by atoms with Crippen molar-refractivity contribution in [3.8, 4) is 0 Å². The standard InChI is InChI=1S/C17H31NO12/c1-5-9(22)10(23)12(25)16(27-5)30-15-8(4-20)28-17(13(26)11(15)24)29-14-6(3-19)18-2-7(14)21/h5-26H,2-4H2,1H3/t5-,6+,7-,8-,9-,10+,11-,12-,13-,14-,15-,16+,17-/m1/s1. The molecule has 0 unspecified atom stereocenters. The number of aliphatic hydroxyl groups excluding tert-OH is 8. The van der Waals surface area contributed by atoms with Gasteiger partial charge in [0.15, 0.2) is 12.6 Å². The minimum atomic E-state index is -1.67. The molecule has 3 aliphatic heterocycles. The zero-order valence-corrected chi connectivity index (χ0v) is 16.3. The molecule has 0 amide bonds. The summed E-state index contributed by atoms with van der Waals surface area (Å²) in [7, 11) is 0. The summed E-state index contributed by atoms with van der Waals surface area (Å²) in [4.78, 5) is 0. The third kappa shape index (κ3) is 4.63. The van der Waals surface area contributed by atoms with Gasteiger partial charge in [0.05, 0.1) is 31.5 Å². The zero-order chi connectivity index (χ0) is 22.2. The summed E-state index contributed by atoms with van der Waals surface area (Å²) >= 11 is 0. The van der Waals surface area contributed by atoms with Crippen LogP contribution in [0.15, 0.2) is 0 Å². The van der Waals surface area contributed by atoms with Gasteiger partial charge in [-0.25, -0.2) is 0 Å². The first-order valence-corrected chi connectivity index (χ1v) is 9.84. The molecule has 0 saturated carbocycles. The van der Waals surface area contributed by atoms with Gasteiger partial charge in [-0.2, -0.15) is 0 Å². The number of β-amino-alcohol motifs (C(OH)–C–C–N with tert-alkyl or cyclic N) is 1. The molecule has 0 radical (unpaired) electrons. The predicted molar refractivity (Wildman–Crippen MR) is 94.7 cm³/mol. The lowest BCUT2D eigenvalue weighted by molar-refractivity contribution is -0.361. The Balaban J connectivity index is 1.68. The predicted octanol–water partition coefficient (Wildman–Crippen LogP) is -5.65. The molecular formula is C17H31NO12. The Bertz CT molecular complexity index is 555. The molecule has 0 spiro atoms. The van der Waals surface area contributed by atoms with E-state index in [4.69, 9.17) is 18.9 Å². The molecule has 30 heavy (non-hydrogen) atoms. The van der Waals surface area contributed by atoms with Gasteiger partial charge in [0.2, 0.25) is 0 Å². The number of nitrogens with one attached hydrogen (secondary N) is 1. The van der Waals surface area contributed by atoms with Crippen molar-refractivity contribution in [2.75, 3.05) is 19.8 Å². The van der Waals surface area contributed by atoms with Gasteiger partial charge >= 0.3 is 0 Å². The van der Waals surface area contributed by atoms with Crippen LogP contribution in [0.5, 0.6) is 0 Å². The van der Waals surface area contributed by atoms with Gasteiger partial charge in [0, 0.05) is 6.54 Å². The first-order valence-electron chi connectivity index (χ1n) is 9.84. The molecule has 176 valence electrons. The van der Waals surface area contributed by atoms with Crippen LogP contribution in [0.3, 0.4) is 0 Å². The summed E-state index contributed by atoms with van der Waals surface area (Å²) in [6, 6.07) is -0.616. The number of hydrogen-bond acceptors (Lipinski definition) is 13. The second-order valence-electron chi connectivity index (χ2n) is 7.85. The number of hydrogen-bond donors (Lipinski definition) is 9. The molecule has 3 heterocycles. The highest BCUT2D eigenvalue weighted by Crippen LogP contribution is 2.30. The Labute approximate surface area is 172 Å². The van der Waals surface area contributed by atoms with Gasteiger partial charge < -0.3 is 65.1 Å². The molecule has 3 fully saturated rings. The smallest absolute Gasteiger partial charge is 0.187 e. The maximum Gasteiger partial charge on any atom is 0.187 e. The van der Waals surface area contributed by atoms with Crippen LogP contribution in [0.25, 0.3) is 0 Å². The molecular weight excluding hydrogens is 410 g/mol. The topological polar surface area (TPSA) is 211 Å². The van der Waals surface area contributed by atoms with E-state index in [9.17, 15) is 40.9 Å². The lowest BCUT2D eigenvalue weighted by Crippen LogP contribution is -2.64. The average molecular weight is 441 g/mol. The van der Waals surface area contributed by atoms with Gasteiger partial charge in [-0.1, -0.05) is 0 Å². The molecule has 0 aromatic rings. The summed E-state index contributed by atoms with van der Waals surface area (Å²) in [6.45, 7) is 0.600. The monoisotopic (exact) mass is 441 g/mol. The minimum Gasteiger partial charge on any atom is -0.395 e. The van der Waals surface area contributed by atoms with Crippen molar-refractivity contribution in [2.45, 2.75) is 86.6 Å². The third-order valence-electron chi connectivity index (χ3n) is 5.77. The van der Waals surface area contributed by atoms with Crippen molar-refractivity contribution in [3.63, 3.8) is 0 Å². The van der Waals surface area contributed by atoms with E-state index in [-0.39, 0.29) is 13.2 Å². The molecule has 3 aliphatic rings. The van der Waals surface area contributed by atoms with Gasteiger partial charge in [-0.3, -0.25) is 0 Å². The normalized spacial score (nSPS) is 52.5. The van der Waals surface area contributed by atoms with Crippen molar-refractivity contribution in [1.29, 1.82) is 0 Å². The summed E-state index contributed by atoms with van der Waals surface area (Å²) in [6.07, 6.45) is -16.2. The largest absolute Gasteiger partial charge is 0.395 e. The molecule has 13 atom stereocenters. The maximum atomic E-state index is 10.6. The second-order valence-corrected chi connectivity index (χ2v) is 7.85. The van der Waals surface area contributed by atoms with E-state index in [0.29, 0.717) is 0 Å². The molecule has 0 aliphatic carbocycles. The van der Waals surface area contributed by atoms with Crippen molar-refractivity contribution in [1.82, 2.24) is 5.32 Å². The summed E-state index contributed by atoms with van der Waals surface area (Å²) < 4.78 is 21.9. The molecule has 0 aromatic carbocycles. The van der Waals surface area contributed by atoms with Crippen LogP contribution in [-0.4, -0.2) is 140 Å². The lowest BCUT2D eigenvalue weighted by Gasteiger charge is -2.46. The molecule has 9 N–H and O–H groups in total. The lowest BCUT2D eigenvalue weighted by atomic mass is 9.97. The quantitative estimate of drug-likeness (QED) is 0.188. The van der Waals surface area contributed by atoms with Crippen LogP contribution in [0.1, 0.15) is 6.92 Å². The maximum absolute atomic E-state index is 10.6. The first-order chi connectivity index (χ1) is 14.2. The highest BCUT2D eigenvalue weighted by Gasteiger charge is 2.51. The van der Waals surface area contributed by atoms with E-state index in [1.165, 1.54) is 6.92 Å². The van der Waals surface area contributed by atoms with E-state index in [0.717, 1.165) is 0 Å². The van der Waals surface area contributed by atoms with Crippen LogP contribution in [0.4, 0.5) is 0 Å². The second kappa shape index (κ2) is 9.95. The summed E-state index contributed by atoms with van der Waals surface area (Å²) in [5.41, 5.74) is 0. The first kappa shape index (κ1) is 24.1. The molecule has 13 nitrogen and oxygen atoms in total. The summed E-state index contributed by atoms with van der Waals surface area (Å²) in [5, 5.41) is 82.7. The Kier molecular flexibility index (Phi) is 8.01. The van der Waals surface area contributed by atoms with Gasteiger partial charge in [-0.05, 0) is 6.92 Å². The van der Waals surface area contributed by atoms with E-state index in [2.05, 4.69) is 5.32 Å². The molecule has 0 aromatic heterocycles. The van der Waals surface area contributed by atoms with Crippen molar-refractivity contribution in [2.24, 2.45) is 0 Å². The molecule has 13 heteroatoms. The number of rotatable bonds is 6. The van der Waals surface area contributed by atoms with Crippen LogP contribution >= 0.6 is 0 Å². The third-order valence-corrected chi connectivity index (χ3v) is 5.77. The van der Waals surface area contributed by atoms with E-state index in [1.807, 2.05) is 0 Å². The minimum absolute atomic E-state index is 0.152. The van der Waals surface area contributed by atoms with E-state index >= 15 is 0 Å². The Morgan fingerprint density at radius 1 is 0.767 bits per heavy atom.